The van der Waals surface area contributed by atoms with Gasteiger partial charge in [0.05, 0.1) is 6.42 Å². The van der Waals surface area contributed by atoms with Crippen molar-refractivity contribution in [3.8, 4) is 0 Å². The lowest BCUT2D eigenvalue weighted by atomic mass is 10.2. The van der Waals surface area contributed by atoms with Crippen LogP contribution in [-0.2, 0) is 21.4 Å². The first-order valence-electron chi connectivity index (χ1n) is 7.40. The fourth-order valence-electron chi connectivity index (χ4n) is 2.39. The normalized spacial score (nSPS) is 17.9. The fraction of sp³-hybridized carbons (Fsp3) is 0.692. The molecule has 0 bridgehead atoms. The Morgan fingerprint density at radius 3 is 2.65 bits per heavy atom. The van der Waals surface area contributed by atoms with Crippen LogP contribution in [0.4, 0.5) is 0 Å². The highest BCUT2D eigenvalue weighted by Crippen LogP contribution is 2.20. The predicted octanol–water partition coefficient (Wildman–Crippen LogP) is -0.312. The summed E-state index contributed by atoms with van der Waals surface area (Å²) in [4.78, 5) is 38.9. The Morgan fingerprint density at radius 2 is 2.13 bits per heavy atom. The number of tetrazole rings is 1. The number of aromatic nitrogens is 4. The van der Waals surface area contributed by atoms with Gasteiger partial charge in [-0.15, -0.1) is 5.10 Å². The molecule has 10 heteroatoms. The third-order valence-corrected chi connectivity index (χ3v) is 4.66. The zero-order chi connectivity index (χ0) is 17.0. The van der Waals surface area contributed by atoms with E-state index in [-0.39, 0.29) is 30.6 Å². The van der Waals surface area contributed by atoms with Crippen LogP contribution in [0.5, 0.6) is 0 Å². The van der Waals surface area contributed by atoms with Gasteiger partial charge in [-0.3, -0.25) is 19.3 Å². The number of amides is 3. The first-order valence-corrected chi connectivity index (χ1v) is 8.39. The smallest absolute Gasteiger partial charge is 0.252 e. The van der Waals surface area contributed by atoms with Gasteiger partial charge in [-0.25, -0.2) is 4.68 Å². The molecule has 0 radical (unpaired) electrons. The summed E-state index contributed by atoms with van der Waals surface area (Å²) in [6.45, 7) is 2.40. The number of hydrogen-bond acceptors (Lipinski definition) is 7. The van der Waals surface area contributed by atoms with Gasteiger partial charge in [0.2, 0.25) is 17.0 Å². The van der Waals surface area contributed by atoms with E-state index in [1.807, 2.05) is 6.92 Å². The van der Waals surface area contributed by atoms with Crippen molar-refractivity contribution in [1.29, 1.82) is 0 Å². The summed E-state index contributed by atoms with van der Waals surface area (Å²) in [5.41, 5.74) is 0. The minimum Gasteiger partial charge on any atom is -0.330 e. The van der Waals surface area contributed by atoms with Crippen LogP contribution >= 0.6 is 11.8 Å². The van der Waals surface area contributed by atoms with Crippen molar-refractivity contribution in [3.63, 3.8) is 0 Å². The summed E-state index contributed by atoms with van der Waals surface area (Å²) in [6.07, 6.45) is 1.06. The minimum atomic E-state index is -0.665. The van der Waals surface area contributed by atoms with Crippen molar-refractivity contribution in [2.24, 2.45) is 7.05 Å². The molecule has 1 saturated heterocycles. The van der Waals surface area contributed by atoms with E-state index in [0.717, 1.165) is 11.3 Å². The van der Waals surface area contributed by atoms with E-state index in [4.69, 9.17) is 0 Å². The van der Waals surface area contributed by atoms with Gasteiger partial charge >= 0.3 is 0 Å². The van der Waals surface area contributed by atoms with Gasteiger partial charge in [-0.05, 0) is 16.8 Å². The number of nitrogens with zero attached hydrogens (tertiary/aromatic N) is 6. The molecule has 3 amide bonds. The molecule has 0 spiro atoms. The van der Waals surface area contributed by atoms with Crippen molar-refractivity contribution < 1.29 is 14.4 Å². The molecule has 1 aromatic heterocycles. The van der Waals surface area contributed by atoms with Crippen molar-refractivity contribution >= 4 is 29.5 Å². The molecule has 1 aliphatic rings. The lowest BCUT2D eigenvalue weighted by molar-refractivity contribution is -0.143. The lowest BCUT2D eigenvalue weighted by Crippen LogP contribution is -2.45. The second-order valence-electron chi connectivity index (χ2n) is 5.28. The van der Waals surface area contributed by atoms with Crippen LogP contribution in [0.2, 0.25) is 0 Å². The minimum absolute atomic E-state index is 0.0709. The predicted molar refractivity (Wildman–Crippen MR) is 82.3 cm³/mol. The maximum atomic E-state index is 12.5. The first kappa shape index (κ1) is 17.4. The number of rotatable bonds is 7. The van der Waals surface area contributed by atoms with E-state index in [1.165, 1.54) is 28.4 Å². The molecule has 0 saturated carbocycles. The van der Waals surface area contributed by atoms with E-state index in [9.17, 15) is 14.4 Å². The van der Waals surface area contributed by atoms with Crippen LogP contribution in [0.1, 0.15) is 26.2 Å². The molecule has 0 N–H and O–H groups in total. The number of likely N-dealkylation sites (tertiary alicyclic amines) is 1. The van der Waals surface area contributed by atoms with Crippen molar-refractivity contribution in [1.82, 2.24) is 30.0 Å². The summed E-state index contributed by atoms with van der Waals surface area (Å²) in [6, 6.07) is -0.665. The number of likely N-dealkylation sites (N-methyl/N-ethyl adjacent to an activating group) is 1. The largest absolute Gasteiger partial charge is 0.330 e. The zero-order valence-electron chi connectivity index (χ0n) is 13.4. The number of thioether (sulfide) groups is 1. The van der Waals surface area contributed by atoms with Crippen LogP contribution in [0.15, 0.2) is 5.16 Å². The number of hydrogen-bond donors (Lipinski definition) is 0. The van der Waals surface area contributed by atoms with Gasteiger partial charge in [-0.1, -0.05) is 18.7 Å². The van der Waals surface area contributed by atoms with E-state index in [2.05, 4.69) is 15.5 Å². The third-order valence-electron chi connectivity index (χ3n) is 3.65. The van der Waals surface area contributed by atoms with E-state index >= 15 is 0 Å². The van der Waals surface area contributed by atoms with Crippen LogP contribution in [0, 0.1) is 0 Å². The first-order chi connectivity index (χ1) is 11.0. The van der Waals surface area contributed by atoms with Gasteiger partial charge in [0.1, 0.15) is 6.04 Å². The molecule has 9 nitrogen and oxygen atoms in total. The Balaban J connectivity index is 1.94. The Kier molecular flexibility index (Phi) is 5.69. The lowest BCUT2D eigenvalue weighted by Gasteiger charge is -2.26. The van der Waals surface area contributed by atoms with Gasteiger partial charge in [0, 0.05) is 32.8 Å². The second kappa shape index (κ2) is 7.53. The molecule has 1 unspecified atom stereocenters. The molecule has 126 valence electrons. The molecule has 0 aromatic carbocycles. The van der Waals surface area contributed by atoms with Crippen LogP contribution in [-0.4, -0.2) is 73.1 Å². The highest BCUT2D eigenvalue weighted by molar-refractivity contribution is 7.99. The van der Waals surface area contributed by atoms with Crippen LogP contribution in [0.25, 0.3) is 0 Å². The molecule has 2 heterocycles. The summed E-state index contributed by atoms with van der Waals surface area (Å²) >= 11 is 1.38. The van der Waals surface area contributed by atoms with Crippen LogP contribution < -0.4 is 0 Å². The quantitative estimate of drug-likeness (QED) is 0.495. The Bertz CT molecular complexity index is 604. The molecule has 2 rings (SSSR count). The van der Waals surface area contributed by atoms with E-state index < -0.39 is 6.04 Å². The van der Waals surface area contributed by atoms with Crippen molar-refractivity contribution in [2.45, 2.75) is 37.4 Å². The average molecular weight is 340 g/mol. The average Bonchev–Trinajstić information content (AvgIpc) is 3.04. The molecule has 0 aliphatic carbocycles. The highest BCUT2D eigenvalue weighted by atomic mass is 32.2. The summed E-state index contributed by atoms with van der Waals surface area (Å²) in [5, 5.41) is 11.7. The highest BCUT2D eigenvalue weighted by Gasteiger charge is 2.41. The number of carbonyl (C=O) groups is 3. The summed E-state index contributed by atoms with van der Waals surface area (Å²) < 4.78 is 1.53. The fourth-order valence-corrected chi connectivity index (χ4v) is 3.17. The summed E-state index contributed by atoms with van der Waals surface area (Å²) in [5.74, 6) is -0.163. The van der Waals surface area contributed by atoms with Gasteiger partial charge in [0.15, 0.2) is 0 Å². The second-order valence-corrected chi connectivity index (χ2v) is 6.34. The maximum absolute atomic E-state index is 12.5. The third kappa shape index (κ3) is 3.87. The number of aryl methyl sites for hydroxylation is 1. The van der Waals surface area contributed by atoms with Crippen LogP contribution in [0.3, 0.4) is 0 Å². The Labute approximate surface area is 138 Å². The molecule has 1 aliphatic heterocycles. The molecule has 1 aromatic rings. The monoisotopic (exact) mass is 340 g/mol. The van der Waals surface area contributed by atoms with Crippen molar-refractivity contribution in [2.75, 3.05) is 19.3 Å². The molecular formula is C13H20N6O3S. The Hall–Kier alpha value is -1.97. The molecule has 1 atom stereocenters. The van der Waals surface area contributed by atoms with Gasteiger partial charge < -0.3 is 4.90 Å². The molecule has 23 heavy (non-hydrogen) atoms. The standard InChI is InChI=1S/C13H20N6O3S/c1-4-6-19(9-8-11(21)17(2)12(9)22)10(20)5-7-23-13-14-15-16-18(13)3/h9H,4-8H2,1-3H3. The SMILES string of the molecule is CCCN(C(=O)CCSc1nnnn1C)C1CC(=O)N(C)C1=O. The molecule has 1 fully saturated rings. The van der Waals surface area contributed by atoms with Gasteiger partial charge in [0.25, 0.3) is 5.91 Å². The Morgan fingerprint density at radius 1 is 1.39 bits per heavy atom. The van der Waals surface area contributed by atoms with E-state index in [1.54, 1.807) is 7.05 Å². The molecular weight excluding hydrogens is 320 g/mol. The maximum Gasteiger partial charge on any atom is 0.252 e. The number of imide groups is 1. The van der Waals surface area contributed by atoms with Crippen molar-refractivity contribution in [3.05, 3.63) is 0 Å². The topological polar surface area (TPSA) is 101 Å². The zero-order valence-corrected chi connectivity index (χ0v) is 14.2. The van der Waals surface area contributed by atoms with Gasteiger partial charge in [-0.2, -0.15) is 0 Å². The summed E-state index contributed by atoms with van der Waals surface area (Å²) in [7, 11) is 3.18. The van der Waals surface area contributed by atoms with E-state index in [0.29, 0.717) is 17.5 Å². The number of carbonyl (C=O) groups excluding carboxylic acids is 3.